The summed E-state index contributed by atoms with van der Waals surface area (Å²) in [4.78, 5) is 23.3. The molecule has 0 bridgehead atoms. The van der Waals surface area contributed by atoms with Crippen LogP contribution in [0.5, 0.6) is 0 Å². The predicted octanol–water partition coefficient (Wildman–Crippen LogP) is 0.989. The van der Waals surface area contributed by atoms with Crippen LogP contribution in [0, 0.1) is 0 Å². The molecule has 88 valence electrons. The molecule has 1 atom stereocenters. The highest BCUT2D eigenvalue weighted by Gasteiger charge is 2.30. The Hall–Kier alpha value is -2.14. The van der Waals surface area contributed by atoms with Crippen molar-refractivity contribution in [3.8, 4) is 0 Å². The van der Waals surface area contributed by atoms with Crippen LogP contribution in [-0.2, 0) is 14.3 Å². The van der Waals surface area contributed by atoms with Crippen molar-refractivity contribution in [1.82, 2.24) is 4.98 Å². The monoisotopic (exact) mass is 233 g/mol. The van der Waals surface area contributed by atoms with Crippen LogP contribution in [-0.4, -0.2) is 28.1 Å². The highest BCUT2D eigenvalue weighted by molar-refractivity contribution is 5.95. The number of para-hydroxylation sites is 1. The molecule has 5 heteroatoms. The van der Waals surface area contributed by atoms with E-state index >= 15 is 0 Å². The highest BCUT2D eigenvalue weighted by atomic mass is 16.6. The summed E-state index contributed by atoms with van der Waals surface area (Å²) < 4.78 is 3.95. The molecule has 0 radical (unpaired) electrons. The first kappa shape index (κ1) is 11.3. The molecule has 2 N–H and O–H groups in total. The number of esters is 2. The molecule has 1 aromatic heterocycles. The third kappa shape index (κ3) is 2.70. The molecule has 1 aliphatic heterocycles. The molecule has 0 spiro atoms. The van der Waals surface area contributed by atoms with E-state index in [0.717, 1.165) is 0 Å². The van der Waals surface area contributed by atoms with Gasteiger partial charge in [0.15, 0.2) is 6.10 Å². The Bertz CT molecular complexity index is 516. The van der Waals surface area contributed by atoms with Crippen LogP contribution < -0.4 is 0 Å². The molecule has 0 aliphatic carbocycles. The summed E-state index contributed by atoms with van der Waals surface area (Å²) in [5, 5.41) is 9.75. The number of benzene rings is 1. The molecule has 2 heterocycles. The molecule has 1 unspecified atom stereocenters. The van der Waals surface area contributed by atoms with E-state index in [1.807, 2.05) is 18.3 Å². The molecule has 1 aromatic carbocycles. The van der Waals surface area contributed by atoms with Crippen LogP contribution in [0.3, 0.4) is 0 Å². The smallest absolute Gasteiger partial charge is 0.343 e. The molecule has 17 heavy (non-hydrogen) atoms. The molecule has 2 aromatic rings. The number of hydrogen-bond acceptors (Lipinski definition) is 4. The van der Waals surface area contributed by atoms with E-state index in [9.17, 15) is 9.59 Å². The van der Waals surface area contributed by atoms with Crippen molar-refractivity contribution in [1.29, 1.82) is 0 Å². The lowest BCUT2D eigenvalue weighted by Gasteiger charge is -1.86. The third-order valence-corrected chi connectivity index (χ3v) is 2.31. The highest BCUT2D eigenvalue weighted by Crippen LogP contribution is 2.09. The lowest BCUT2D eigenvalue weighted by Crippen LogP contribution is -2.11. The number of aromatic nitrogens is 1. The van der Waals surface area contributed by atoms with Gasteiger partial charge in [0.1, 0.15) is 0 Å². The third-order valence-electron chi connectivity index (χ3n) is 2.31. The van der Waals surface area contributed by atoms with E-state index in [0.29, 0.717) is 0 Å². The van der Waals surface area contributed by atoms with Gasteiger partial charge >= 0.3 is 11.9 Å². The minimum Gasteiger partial charge on any atom is -0.391 e. The lowest BCUT2D eigenvalue weighted by atomic mass is 10.3. The van der Waals surface area contributed by atoms with E-state index in [2.05, 4.69) is 27.9 Å². The maximum atomic E-state index is 10.1. The standard InChI is InChI=1S/C8H7N.C4H4O4/c1-2-4-8-7(3-1)5-6-9-8;5-2-1-3(6)8-4(2)7/h1-6,9H;2,5H,1H2. The second-order valence-corrected chi connectivity index (χ2v) is 3.58. The number of nitrogens with one attached hydrogen (secondary N) is 1. The largest absolute Gasteiger partial charge is 0.391 e. The van der Waals surface area contributed by atoms with Crippen LogP contribution in [0.1, 0.15) is 6.42 Å². The molecule has 0 amide bonds. The summed E-state index contributed by atoms with van der Waals surface area (Å²) in [6.07, 6.45) is 0.534. The van der Waals surface area contributed by atoms with Gasteiger partial charge in [-0.25, -0.2) is 4.79 Å². The molecule has 5 nitrogen and oxygen atoms in total. The van der Waals surface area contributed by atoms with Gasteiger partial charge in [0.25, 0.3) is 0 Å². The zero-order valence-electron chi connectivity index (χ0n) is 8.92. The molecule has 1 aliphatic rings. The van der Waals surface area contributed by atoms with E-state index in [1.54, 1.807) is 0 Å². The number of aromatic amines is 1. The molecular weight excluding hydrogens is 222 g/mol. The Morgan fingerprint density at radius 3 is 2.53 bits per heavy atom. The van der Waals surface area contributed by atoms with Crippen molar-refractivity contribution < 1.29 is 19.4 Å². The first-order chi connectivity index (χ1) is 8.16. The van der Waals surface area contributed by atoms with Gasteiger partial charge in [0.2, 0.25) is 0 Å². The van der Waals surface area contributed by atoms with Crippen LogP contribution >= 0.6 is 0 Å². The van der Waals surface area contributed by atoms with Gasteiger partial charge in [-0.15, -0.1) is 0 Å². The first-order valence-electron chi connectivity index (χ1n) is 5.11. The minimum absolute atomic E-state index is 0.196. The molecular formula is C12H11NO4. The van der Waals surface area contributed by atoms with Crippen LogP contribution in [0.25, 0.3) is 10.9 Å². The quantitative estimate of drug-likeness (QED) is 0.525. The maximum Gasteiger partial charge on any atom is 0.343 e. The van der Waals surface area contributed by atoms with Gasteiger partial charge in [-0.2, -0.15) is 0 Å². The Balaban J connectivity index is 0.000000128. The fourth-order valence-electron chi connectivity index (χ4n) is 1.46. The van der Waals surface area contributed by atoms with Crippen molar-refractivity contribution in [2.24, 2.45) is 0 Å². The second-order valence-electron chi connectivity index (χ2n) is 3.58. The predicted molar refractivity (Wildman–Crippen MR) is 60.0 cm³/mol. The summed E-state index contributed by atoms with van der Waals surface area (Å²) in [6.45, 7) is 0. The summed E-state index contributed by atoms with van der Waals surface area (Å²) in [6, 6.07) is 10.3. The zero-order valence-corrected chi connectivity index (χ0v) is 8.92. The fourth-order valence-corrected chi connectivity index (χ4v) is 1.46. The number of hydrogen-bond donors (Lipinski definition) is 2. The van der Waals surface area contributed by atoms with Gasteiger partial charge in [0.05, 0.1) is 6.42 Å². The number of carbonyl (C=O) groups is 2. The molecule has 1 saturated heterocycles. The molecule has 0 saturated carbocycles. The number of aliphatic hydroxyl groups is 1. The van der Waals surface area contributed by atoms with E-state index in [1.165, 1.54) is 10.9 Å². The normalized spacial score (nSPS) is 18.8. The van der Waals surface area contributed by atoms with E-state index < -0.39 is 18.0 Å². The number of cyclic esters (lactones) is 2. The summed E-state index contributed by atoms with van der Waals surface area (Å²) in [7, 11) is 0. The zero-order chi connectivity index (χ0) is 12.3. The Labute approximate surface area is 97.0 Å². The number of fused-ring (bicyclic) bond motifs is 1. The number of H-pyrrole nitrogens is 1. The van der Waals surface area contributed by atoms with Gasteiger partial charge < -0.3 is 14.8 Å². The minimum atomic E-state index is -1.22. The number of ether oxygens (including phenoxy) is 1. The van der Waals surface area contributed by atoms with Crippen LogP contribution in [0.4, 0.5) is 0 Å². The number of carbonyl (C=O) groups excluding carboxylic acids is 2. The average Bonchev–Trinajstić information content (AvgIpc) is 2.87. The van der Waals surface area contributed by atoms with Gasteiger partial charge in [-0.1, -0.05) is 18.2 Å². The van der Waals surface area contributed by atoms with Crippen molar-refractivity contribution in [3.05, 3.63) is 36.5 Å². The Morgan fingerprint density at radius 1 is 1.24 bits per heavy atom. The summed E-state index contributed by atoms with van der Waals surface area (Å²) >= 11 is 0. The van der Waals surface area contributed by atoms with Gasteiger partial charge in [-0.3, -0.25) is 4.79 Å². The van der Waals surface area contributed by atoms with E-state index in [-0.39, 0.29) is 6.42 Å². The van der Waals surface area contributed by atoms with Crippen molar-refractivity contribution in [2.45, 2.75) is 12.5 Å². The number of rotatable bonds is 0. The van der Waals surface area contributed by atoms with Crippen LogP contribution in [0.2, 0.25) is 0 Å². The van der Waals surface area contributed by atoms with Crippen molar-refractivity contribution in [2.75, 3.05) is 0 Å². The number of aliphatic hydroxyl groups excluding tert-OH is 1. The Kier molecular flexibility index (Phi) is 3.20. The fraction of sp³-hybridized carbons (Fsp3) is 0.167. The first-order valence-corrected chi connectivity index (χ1v) is 5.11. The van der Waals surface area contributed by atoms with Crippen molar-refractivity contribution in [3.63, 3.8) is 0 Å². The van der Waals surface area contributed by atoms with Gasteiger partial charge in [0, 0.05) is 11.7 Å². The summed E-state index contributed by atoms with van der Waals surface area (Å²) in [5.74, 6) is -1.49. The summed E-state index contributed by atoms with van der Waals surface area (Å²) in [5.41, 5.74) is 1.21. The SMILES string of the molecule is O=C1CC(O)C(=O)O1.c1ccc2[nH]ccc2c1. The van der Waals surface area contributed by atoms with E-state index in [4.69, 9.17) is 5.11 Å². The average molecular weight is 233 g/mol. The molecule has 3 rings (SSSR count). The topological polar surface area (TPSA) is 79.4 Å². The maximum absolute atomic E-state index is 10.1. The molecule has 1 fully saturated rings. The van der Waals surface area contributed by atoms with Gasteiger partial charge in [-0.05, 0) is 17.5 Å². The lowest BCUT2D eigenvalue weighted by molar-refractivity contribution is -0.154. The van der Waals surface area contributed by atoms with Crippen molar-refractivity contribution >= 4 is 22.8 Å². The second kappa shape index (κ2) is 4.80. The Morgan fingerprint density at radius 2 is 2.00 bits per heavy atom. The van der Waals surface area contributed by atoms with Crippen LogP contribution in [0.15, 0.2) is 36.5 Å².